The van der Waals surface area contributed by atoms with Crippen LogP contribution < -0.4 is 0 Å². The van der Waals surface area contributed by atoms with Crippen LogP contribution >= 0.6 is 0 Å². The Labute approximate surface area is 147 Å². The van der Waals surface area contributed by atoms with Crippen LogP contribution in [0.4, 0.5) is 0 Å². The lowest BCUT2D eigenvalue weighted by molar-refractivity contribution is -0.140. The predicted molar refractivity (Wildman–Crippen MR) is 99.9 cm³/mol. The molecule has 1 fully saturated rings. The maximum atomic E-state index is 11.0. The van der Waals surface area contributed by atoms with Crippen LogP contribution in [-0.4, -0.2) is 25.3 Å². The summed E-state index contributed by atoms with van der Waals surface area (Å²) in [6, 6.07) is 0. The van der Waals surface area contributed by atoms with Gasteiger partial charge in [-0.15, -0.1) is 0 Å². The Morgan fingerprint density at radius 2 is 1.54 bits per heavy atom. The van der Waals surface area contributed by atoms with E-state index in [-0.39, 0.29) is 5.97 Å². The van der Waals surface area contributed by atoms with E-state index in [1.807, 2.05) is 0 Å². The third-order valence-corrected chi connectivity index (χ3v) is 4.15. The van der Waals surface area contributed by atoms with Crippen LogP contribution in [0.15, 0.2) is 36.5 Å². The molecule has 0 aromatic heterocycles. The van der Waals surface area contributed by atoms with Crippen molar-refractivity contribution in [2.24, 2.45) is 0 Å². The van der Waals surface area contributed by atoms with E-state index in [0.717, 1.165) is 32.1 Å². The lowest BCUT2D eigenvalue weighted by atomic mass is 10.1. The SMILES string of the molecule is CCCCC/C=C\C/C=C\C[C@@H]1O[C@H]1C/C=C\CCCC(=O)OC. The van der Waals surface area contributed by atoms with Gasteiger partial charge in [-0.25, -0.2) is 0 Å². The first-order valence-electron chi connectivity index (χ1n) is 9.45. The molecule has 1 aliphatic heterocycles. The number of hydrogen-bond acceptors (Lipinski definition) is 3. The first kappa shape index (κ1) is 20.7. The molecule has 1 rings (SSSR count). The Balaban J connectivity index is 1.93. The number of hydrogen-bond donors (Lipinski definition) is 0. The molecule has 0 aromatic carbocycles. The average molecular weight is 335 g/mol. The van der Waals surface area contributed by atoms with Gasteiger partial charge in [0.15, 0.2) is 0 Å². The van der Waals surface area contributed by atoms with Crippen LogP contribution in [0, 0.1) is 0 Å². The molecule has 2 atom stereocenters. The van der Waals surface area contributed by atoms with Crippen LogP contribution in [-0.2, 0) is 14.3 Å². The first-order chi connectivity index (χ1) is 11.8. The van der Waals surface area contributed by atoms with Gasteiger partial charge in [0.05, 0.1) is 19.3 Å². The van der Waals surface area contributed by atoms with Gasteiger partial charge in [0.2, 0.25) is 0 Å². The van der Waals surface area contributed by atoms with Crippen molar-refractivity contribution in [3.63, 3.8) is 0 Å². The summed E-state index contributed by atoms with van der Waals surface area (Å²) in [7, 11) is 1.43. The summed E-state index contributed by atoms with van der Waals surface area (Å²) in [5.41, 5.74) is 0. The van der Waals surface area contributed by atoms with Crippen LogP contribution in [0.5, 0.6) is 0 Å². The van der Waals surface area contributed by atoms with Crippen molar-refractivity contribution in [3.05, 3.63) is 36.5 Å². The van der Waals surface area contributed by atoms with Crippen molar-refractivity contribution >= 4 is 5.97 Å². The number of unbranched alkanes of at least 4 members (excludes halogenated alkanes) is 4. The molecule has 24 heavy (non-hydrogen) atoms. The highest BCUT2D eigenvalue weighted by molar-refractivity contribution is 5.69. The molecule has 1 aliphatic rings. The smallest absolute Gasteiger partial charge is 0.305 e. The van der Waals surface area contributed by atoms with E-state index in [0.29, 0.717) is 18.6 Å². The zero-order valence-corrected chi connectivity index (χ0v) is 15.4. The first-order valence-corrected chi connectivity index (χ1v) is 9.45. The van der Waals surface area contributed by atoms with Crippen LogP contribution in [0.3, 0.4) is 0 Å². The Kier molecular flexibility index (Phi) is 12.1. The van der Waals surface area contributed by atoms with E-state index in [9.17, 15) is 4.79 Å². The molecular formula is C21H34O3. The highest BCUT2D eigenvalue weighted by Crippen LogP contribution is 2.29. The summed E-state index contributed by atoms with van der Waals surface area (Å²) in [6.45, 7) is 2.24. The van der Waals surface area contributed by atoms with E-state index in [1.54, 1.807) is 0 Å². The van der Waals surface area contributed by atoms with Crippen molar-refractivity contribution in [3.8, 4) is 0 Å². The number of carbonyl (C=O) groups is 1. The second kappa shape index (κ2) is 14.0. The molecular weight excluding hydrogens is 300 g/mol. The van der Waals surface area contributed by atoms with Crippen molar-refractivity contribution in [2.75, 3.05) is 7.11 Å². The third kappa shape index (κ3) is 11.2. The lowest BCUT2D eigenvalue weighted by Gasteiger charge is -1.95. The van der Waals surface area contributed by atoms with E-state index < -0.39 is 0 Å². The molecule has 0 N–H and O–H groups in total. The average Bonchev–Trinajstić information content (AvgIpc) is 3.34. The largest absolute Gasteiger partial charge is 0.469 e. The maximum absolute atomic E-state index is 11.0. The fourth-order valence-corrected chi connectivity index (χ4v) is 2.54. The fraction of sp³-hybridized carbons (Fsp3) is 0.667. The zero-order valence-electron chi connectivity index (χ0n) is 15.4. The summed E-state index contributed by atoms with van der Waals surface area (Å²) in [5, 5.41) is 0. The minimum absolute atomic E-state index is 0.128. The molecule has 0 radical (unpaired) electrons. The molecule has 1 heterocycles. The second-order valence-electron chi connectivity index (χ2n) is 6.30. The highest BCUT2D eigenvalue weighted by Gasteiger charge is 2.35. The summed E-state index contributed by atoms with van der Waals surface area (Å²) in [6.07, 6.45) is 24.6. The second-order valence-corrected chi connectivity index (χ2v) is 6.30. The predicted octanol–water partition coefficient (Wildman–Crippen LogP) is 5.52. The van der Waals surface area contributed by atoms with Crippen molar-refractivity contribution in [1.29, 1.82) is 0 Å². The number of ether oxygens (including phenoxy) is 2. The highest BCUT2D eigenvalue weighted by atomic mass is 16.6. The molecule has 0 aromatic rings. The van der Waals surface area contributed by atoms with E-state index >= 15 is 0 Å². The van der Waals surface area contributed by atoms with E-state index in [4.69, 9.17) is 4.74 Å². The molecule has 0 aliphatic carbocycles. The molecule has 0 spiro atoms. The van der Waals surface area contributed by atoms with Gasteiger partial charge in [0, 0.05) is 6.42 Å². The zero-order chi connectivity index (χ0) is 17.5. The molecule has 3 nitrogen and oxygen atoms in total. The summed E-state index contributed by atoms with van der Waals surface area (Å²) in [4.78, 5) is 11.0. The monoisotopic (exact) mass is 334 g/mol. The Morgan fingerprint density at radius 3 is 2.25 bits per heavy atom. The van der Waals surface area contributed by atoms with Gasteiger partial charge in [-0.3, -0.25) is 4.79 Å². The number of epoxide rings is 1. The molecule has 0 amide bonds. The number of carbonyl (C=O) groups excluding carboxylic acids is 1. The molecule has 136 valence electrons. The van der Waals surface area contributed by atoms with Gasteiger partial charge in [0.25, 0.3) is 0 Å². The Morgan fingerprint density at radius 1 is 0.917 bits per heavy atom. The maximum Gasteiger partial charge on any atom is 0.305 e. The van der Waals surface area contributed by atoms with Crippen molar-refractivity contribution in [2.45, 2.75) is 83.3 Å². The Hall–Kier alpha value is -1.35. The summed E-state index contributed by atoms with van der Waals surface area (Å²) in [5.74, 6) is -0.128. The number of allylic oxidation sites excluding steroid dienone is 4. The van der Waals surface area contributed by atoms with Crippen molar-refractivity contribution < 1.29 is 14.3 Å². The quantitative estimate of drug-likeness (QED) is 0.182. The minimum Gasteiger partial charge on any atom is -0.469 e. The van der Waals surface area contributed by atoms with Gasteiger partial charge in [-0.05, 0) is 44.9 Å². The number of esters is 1. The number of rotatable bonds is 14. The van der Waals surface area contributed by atoms with Gasteiger partial charge in [-0.1, -0.05) is 56.2 Å². The van der Waals surface area contributed by atoms with Gasteiger partial charge >= 0.3 is 5.97 Å². The molecule has 0 saturated carbocycles. The fourth-order valence-electron chi connectivity index (χ4n) is 2.54. The standard InChI is InChI=1S/C21H34O3/c1-3-4-5-6-7-8-9-10-13-16-19-20(24-19)17-14-11-12-15-18-21(22)23-2/h7-8,10-11,13-14,19-20H,3-6,9,12,15-18H2,1-2H3/b8-7-,13-10-,14-11-/t19-,20-/m0/s1. The minimum atomic E-state index is -0.128. The summed E-state index contributed by atoms with van der Waals surface area (Å²) >= 11 is 0. The van der Waals surface area contributed by atoms with Crippen LogP contribution in [0.2, 0.25) is 0 Å². The normalized spacial score (nSPS) is 20.4. The summed E-state index contributed by atoms with van der Waals surface area (Å²) < 4.78 is 10.3. The van der Waals surface area contributed by atoms with Crippen molar-refractivity contribution in [1.82, 2.24) is 0 Å². The van der Waals surface area contributed by atoms with Gasteiger partial charge in [-0.2, -0.15) is 0 Å². The molecule has 0 bridgehead atoms. The molecule has 3 heteroatoms. The molecule has 1 saturated heterocycles. The van der Waals surface area contributed by atoms with Gasteiger partial charge < -0.3 is 9.47 Å². The topological polar surface area (TPSA) is 38.8 Å². The van der Waals surface area contributed by atoms with E-state index in [2.05, 4.69) is 48.1 Å². The Bertz CT molecular complexity index is 409. The third-order valence-electron chi connectivity index (χ3n) is 4.15. The lowest BCUT2D eigenvalue weighted by Crippen LogP contribution is -1.98. The molecule has 0 unspecified atom stereocenters. The number of methoxy groups -OCH3 is 1. The van der Waals surface area contributed by atoms with E-state index in [1.165, 1.54) is 32.8 Å². The van der Waals surface area contributed by atoms with Gasteiger partial charge in [0.1, 0.15) is 0 Å². The van der Waals surface area contributed by atoms with Crippen LogP contribution in [0.25, 0.3) is 0 Å². The van der Waals surface area contributed by atoms with Crippen LogP contribution in [0.1, 0.15) is 71.1 Å².